The summed E-state index contributed by atoms with van der Waals surface area (Å²) < 4.78 is 58.9. The minimum Gasteiger partial charge on any atom is -0.457 e. The van der Waals surface area contributed by atoms with Crippen molar-refractivity contribution < 1.29 is 56.2 Å². The van der Waals surface area contributed by atoms with Crippen LogP contribution < -0.4 is 0 Å². The van der Waals surface area contributed by atoms with E-state index in [-0.39, 0.29) is 19.6 Å². The van der Waals surface area contributed by atoms with Gasteiger partial charge in [0.15, 0.2) is 6.29 Å². The summed E-state index contributed by atoms with van der Waals surface area (Å²) in [5.41, 5.74) is 0. The van der Waals surface area contributed by atoms with Gasteiger partial charge in [0.05, 0.1) is 19.8 Å². The quantitative estimate of drug-likeness (QED) is 0.0201. The second kappa shape index (κ2) is 37.6. The van der Waals surface area contributed by atoms with E-state index in [1.54, 1.807) is 0 Å². The highest BCUT2D eigenvalue weighted by Gasteiger charge is 2.48. The van der Waals surface area contributed by atoms with Gasteiger partial charge in [-0.05, 0) is 70.6 Å². The largest absolute Gasteiger partial charge is 0.457 e. The molecule has 6 unspecified atom stereocenters. The molecular weight excluding hydrogens is 777 g/mol. The monoisotopic (exact) mass is 857 g/mol. The molecule has 0 saturated carbocycles. The summed E-state index contributed by atoms with van der Waals surface area (Å²) in [6.07, 6.45) is 37.0. The van der Waals surface area contributed by atoms with Gasteiger partial charge in [-0.15, -0.1) is 0 Å². The zero-order chi connectivity index (χ0) is 43.2. The molecule has 1 saturated heterocycles. The van der Waals surface area contributed by atoms with Gasteiger partial charge in [0.1, 0.15) is 30.5 Å². The molecule has 0 spiro atoms. The maximum absolute atomic E-state index is 12.8. The number of carbonyl (C=O) groups excluding carboxylic acids is 1. The maximum Gasteiger partial charge on any atom is 0.397 e. The zero-order valence-electron chi connectivity index (χ0n) is 36.3. The fourth-order valence-corrected chi connectivity index (χ4v) is 7.00. The lowest BCUT2D eigenvalue weighted by Crippen LogP contribution is -2.60. The van der Waals surface area contributed by atoms with Crippen LogP contribution in [0.2, 0.25) is 0 Å². The first-order chi connectivity index (χ1) is 28.6. The topological polar surface area (TPSA) is 178 Å². The molecular formula is C46H80O12S. The third kappa shape index (κ3) is 31.3. The lowest BCUT2D eigenvalue weighted by Gasteiger charge is -2.41. The van der Waals surface area contributed by atoms with Crippen molar-refractivity contribution in [2.24, 2.45) is 0 Å². The van der Waals surface area contributed by atoms with E-state index < -0.39 is 59.8 Å². The summed E-state index contributed by atoms with van der Waals surface area (Å²) in [6.45, 7) is 3.77. The number of ether oxygens (including phenoxy) is 4. The van der Waals surface area contributed by atoms with Crippen LogP contribution in [0.1, 0.15) is 162 Å². The van der Waals surface area contributed by atoms with Gasteiger partial charge in [0.2, 0.25) is 0 Å². The Morgan fingerprint density at radius 1 is 0.661 bits per heavy atom. The van der Waals surface area contributed by atoms with E-state index in [2.05, 4.69) is 78.8 Å². The number of hydrogen-bond acceptors (Lipinski definition) is 11. The maximum atomic E-state index is 12.8. The molecule has 1 heterocycles. The predicted molar refractivity (Wildman–Crippen MR) is 234 cm³/mol. The second-order valence-corrected chi connectivity index (χ2v) is 16.3. The molecule has 4 N–H and O–H groups in total. The number of rotatable bonds is 38. The van der Waals surface area contributed by atoms with Crippen LogP contribution in [-0.2, 0) is 38.3 Å². The molecule has 6 atom stereocenters. The Hall–Kier alpha value is -2.20. The molecule has 0 radical (unpaired) electrons. The summed E-state index contributed by atoms with van der Waals surface area (Å²) in [5, 5.41) is 30.6. The number of aliphatic hydroxyl groups is 3. The third-order valence-electron chi connectivity index (χ3n) is 9.85. The van der Waals surface area contributed by atoms with Gasteiger partial charge < -0.3 is 34.3 Å². The van der Waals surface area contributed by atoms with E-state index >= 15 is 0 Å². The molecule has 342 valence electrons. The highest BCUT2D eigenvalue weighted by atomic mass is 32.3. The number of esters is 1. The van der Waals surface area contributed by atoms with Crippen LogP contribution >= 0.6 is 0 Å². The Kier molecular flexibility index (Phi) is 34.9. The lowest BCUT2D eigenvalue weighted by atomic mass is 9.99. The highest BCUT2D eigenvalue weighted by Crippen LogP contribution is 2.26. The fraction of sp³-hybridized carbons (Fsp3) is 0.761. The summed E-state index contributed by atoms with van der Waals surface area (Å²) in [6, 6.07) is 0. The molecule has 0 amide bonds. The van der Waals surface area contributed by atoms with Gasteiger partial charge in [0, 0.05) is 13.0 Å². The predicted octanol–water partition coefficient (Wildman–Crippen LogP) is 9.35. The van der Waals surface area contributed by atoms with Gasteiger partial charge >= 0.3 is 16.4 Å². The van der Waals surface area contributed by atoms with Crippen molar-refractivity contribution in [3.63, 3.8) is 0 Å². The number of carbonyl (C=O) groups is 1. The molecule has 0 aliphatic carbocycles. The summed E-state index contributed by atoms with van der Waals surface area (Å²) in [4.78, 5) is 12.8. The van der Waals surface area contributed by atoms with Gasteiger partial charge in [-0.1, -0.05) is 145 Å². The molecule has 1 aliphatic rings. The van der Waals surface area contributed by atoms with Gasteiger partial charge in [0.25, 0.3) is 0 Å². The minimum atomic E-state index is -5.06. The first-order valence-electron chi connectivity index (χ1n) is 22.5. The van der Waals surface area contributed by atoms with Crippen LogP contribution in [0, 0.1) is 0 Å². The summed E-state index contributed by atoms with van der Waals surface area (Å²) in [7, 11) is -5.06. The lowest BCUT2D eigenvalue weighted by molar-refractivity contribution is -0.301. The highest BCUT2D eigenvalue weighted by molar-refractivity contribution is 7.80. The van der Waals surface area contributed by atoms with Crippen molar-refractivity contribution in [2.45, 2.75) is 198 Å². The van der Waals surface area contributed by atoms with E-state index in [4.69, 9.17) is 23.5 Å². The SMILES string of the molecule is CC/C=C\C/C=C\C/C=C\C/C=C\CCCCCCCCCCCOCC(COC1OC(CO)C(O)C(OS(=O)(=O)O)C1O)OC(=O)CCCCCCC/C=C\CCC. The van der Waals surface area contributed by atoms with Crippen molar-refractivity contribution >= 4 is 16.4 Å². The molecule has 59 heavy (non-hydrogen) atoms. The minimum absolute atomic E-state index is 0.0258. The molecule has 1 aliphatic heterocycles. The molecule has 12 nitrogen and oxygen atoms in total. The number of allylic oxidation sites excluding steroid dienone is 10. The number of hydrogen-bond donors (Lipinski definition) is 4. The van der Waals surface area contributed by atoms with Crippen LogP contribution in [0.15, 0.2) is 60.8 Å². The van der Waals surface area contributed by atoms with Crippen molar-refractivity contribution in [3.05, 3.63) is 60.8 Å². The van der Waals surface area contributed by atoms with E-state index in [0.717, 1.165) is 96.3 Å². The smallest absolute Gasteiger partial charge is 0.397 e. The molecule has 0 aromatic rings. The Balaban J connectivity index is 2.37. The van der Waals surface area contributed by atoms with Crippen molar-refractivity contribution in [3.8, 4) is 0 Å². The Bertz CT molecular complexity index is 1260. The van der Waals surface area contributed by atoms with E-state index in [1.807, 2.05) is 0 Å². The van der Waals surface area contributed by atoms with Gasteiger partial charge in [-0.3, -0.25) is 9.35 Å². The van der Waals surface area contributed by atoms with Crippen molar-refractivity contribution in [2.75, 3.05) is 26.4 Å². The Morgan fingerprint density at radius 3 is 1.73 bits per heavy atom. The second-order valence-electron chi connectivity index (χ2n) is 15.3. The number of unbranched alkanes of at least 4 members (excludes halogenated alkanes) is 15. The van der Waals surface area contributed by atoms with Gasteiger partial charge in [-0.25, -0.2) is 4.18 Å². The molecule has 13 heteroatoms. The molecule has 0 aromatic heterocycles. The van der Waals surface area contributed by atoms with Gasteiger partial charge in [-0.2, -0.15) is 8.42 Å². The van der Waals surface area contributed by atoms with Crippen LogP contribution in [0.25, 0.3) is 0 Å². The van der Waals surface area contributed by atoms with E-state index in [0.29, 0.717) is 13.0 Å². The molecule has 0 bridgehead atoms. The average Bonchev–Trinajstić information content (AvgIpc) is 3.20. The summed E-state index contributed by atoms with van der Waals surface area (Å²) >= 11 is 0. The third-order valence-corrected chi connectivity index (χ3v) is 10.3. The van der Waals surface area contributed by atoms with Crippen LogP contribution in [-0.4, -0.2) is 97.5 Å². The summed E-state index contributed by atoms with van der Waals surface area (Å²) in [5.74, 6) is -0.416. The molecule has 0 aromatic carbocycles. The normalized spacial score (nSPS) is 20.9. The van der Waals surface area contributed by atoms with Crippen LogP contribution in [0.5, 0.6) is 0 Å². The fourth-order valence-electron chi connectivity index (χ4n) is 6.49. The van der Waals surface area contributed by atoms with E-state index in [9.17, 15) is 28.5 Å². The standard InChI is InChI=1S/C46H80O12S/c1-3-5-7-9-11-13-15-16-17-18-19-20-21-22-23-24-25-26-28-30-32-34-36-54-38-40(56-42(48)35-33-31-29-27-14-12-10-8-6-4-2)39-55-46-44(50)45(58-59(51,52)53)43(49)41(37-47)57-46/h5,7-8,10-11,13,16-17,19-20,40-41,43-47,49-50H,3-4,6,9,12,14-15,18,21-39H2,1-2H3,(H,51,52,53)/b7-5-,10-8-,13-11-,17-16-,20-19-. The van der Waals surface area contributed by atoms with E-state index in [1.165, 1.54) is 38.5 Å². The first-order valence-corrected chi connectivity index (χ1v) is 23.9. The van der Waals surface area contributed by atoms with Crippen LogP contribution in [0.3, 0.4) is 0 Å². The molecule has 1 fully saturated rings. The van der Waals surface area contributed by atoms with Crippen molar-refractivity contribution in [1.82, 2.24) is 0 Å². The first kappa shape index (κ1) is 54.8. The zero-order valence-corrected chi connectivity index (χ0v) is 37.1. The molecule has 1 rings (SSSR count). The number of aliphatic hydroxyl groups excluding tert-OH is 3. The average molecular weight is 857 g/mol. The Labute approximate surface area is 357 Å². The Morgan fingerprint density at radius 2 is 1.17 bits per heavy atom. The van der Waals surface area contributed by atoms with Crippen LogP contribution in [0.4, 0.5) is 0 Å². The van der Waals surface area contributed by atoms with Crippen molar-refractivity contribution in [1.29, 1.82) is 0 Å².